The summed E-state index contributed by atoms with van der Waals surface area (Å²) in [6.45, 7) is 0. The monoisotopic (exact) mass is 352 g/mol. The molecule has 0 radical (unpaired) electrons. The Morgan fingerprint density at radius 3 is 2.50 bits per heavy atom. The Kier molecular flexibility index (Phi) is 4.57. The lowest BCUT2D eigenvalue weighted by molar-refractivity contribution is 0.0828. The van der Waals surface area contributed by atoms with Gasteiger partial charge in [0.05, 0.1) is 11.3 Å². The molecule has 1 N–H and O–H groups in total. The number of benzene rings is 1. The first-order valence-electron chi connectivity index (χ1n) is 5.85. The minimum Gasteiger partial charge on any atom is -0.345 e. The molecule has 0 bridgehead atoms. The number of nitrogens with one attached hydrogen (secondary N) is 1. The summed E-state index contributed by atoms with van der Waals surface area (Å²) in [5.41, 5.74) is 0.982. The molecule has 0 unspecified atom stereocenters. The number of hydrogen-bond acceptors (Lipinski definition) is 3. The second-order valence-corrected chi connectivity index (χ2v) is 6.07. The van der Waals surface area contributed by atoms with Crippen molar-refractivity contribution < 1.29 is 9.59 Å². The van der Waals surface area contributed by atoms with Crippen molar-refractivity contribution >= 4 is 44.8 Å². The van der Waals surface area contributed by atoms with Gasteiger partial charge in [-0.15, -0.1) is 11.3 Å². The van der Waals surface area contributed by atoms with E-state index in [0.29, 0.717) is 16.1 Å². The molecule has 0 saturated carbocycles. The SMILES string of the molecule is CN(C)C(=O)c1ccccc1NC(=O)c1sccc1Br. The number of nitrogens with zero attached hydrogens (tertiary/aromatic N) is 1. The molecule has 4 nitrogen and oxygen atoms in total. The summed E-state index contributed by atoms with van der Waals surface area (Å²) >= 11 is 4.67. The van der Waals surface area contributed by atoms with Crippen molar-refractivity contribution in [2.24, 2.45) is 0 Å². The minimum atomic E-state index is -0.231. The van der Waals surface area contributed by atoms with E-state index in [0.717, 1.165) is 4.47 Å². The Hall–Kier alpha value is -1.66. The summed E-state index contributed by atoms with van der Waals surface area (Å²) < 4.78 is 0.747. The zero-order chi connectivity index (χ0) is 14.7. The van der Waals surface area contributed by atoms with E-state index < -0.39 is 0 Å². The molecule has 1 heterocycles. The van der Waals surface area contributed by atoms with Gasteiger partial charge in [0.25, 0.3) is 11.8 Å². The van der Waals surface area contributed by atoms with Crippen molar-refractivity contribution in [1.29, 1.82) is 0 Å². The van der Waals surface area contributed by atoms with E-state index in [2.05, 4.69) is 21.2 Å². The highest BCUT2D eigenvalue weighted by Crippen LogP contribution is 2.25. The Morgan fingerprint density at radius 1 is 1.20 bits per heavy atom. The summed E-state index contributed by atoms with van der Waals surface area (Å²) in [7, 11) is 3.35. The van der Waals surface area contributed by atoms with Gasteiger partial charge >= 0.3 is 0 Å². The number of rotatable bonds is 3. The molecule has 0 spiro atoms. The molecule has 0 atom stereocenters. The highest BCUT2D eigenvalue weighted by Gasteiger charge is 2.17. The number of carbonyl (C=O) groups excluding carboxylic acids is 2. The van der Waals surface area contributed by atoms with Gasteiger partial charge in [0.2, 0.25) is 0 Å². The number of para-hydroxylation sites is 1. The van der Waals surface area contributed by atoms with Crippen LogP contribution in [0, 0.1) is 0 Å². The fraction of sp³-hybridized carbons (Fsp3) is 0.143. The van der Waals surface area contributed by atoms with Crippen molar-refractivity contribution in [2.45, 2.75) is 0 Å². The topological polar surface area (TPSA) is 49.4 Å². The molecule has 1 aromatic heterocycles. The van der Waals surface area contributed by atoms with Crippen LogP contribution >= 0.6 is 27.3 Å². The van der Waals surface area contributed by atoms with Crippen LogP contribution in [0.4, 0.5) is 5.69 Å². The second-order valence-electron chi connectivity index (χ2n) is 4.30. The van der Waals surface area contributed by atoms with Gasteiger partial charge in [-0.3, -0.25) is 9.59 Å². The standard InChI is InChI=1S/C14H13BrN2O2S/c1-17(2)14(19)9-5-3-4-6-11(9)16-13(18)12-10(15)7-8-20-12/h3-8H,1-2H3,(H,16,18). The van der Waals surface area contributed by atoms with Crippen molar-refractivity contribution in [1.82, 2.24) is 4.90 Å². The van der Waals surface area contributed by atoms with Crippen LogP contribution in [0.3, 0.4) is 0 Å². The van der Waals surface area contributed by atoms with E-state index >= 15 is 0 Å². The number of halogens is 1. The van der Waals surface area contributed by atoms with Crippen LogP contribution in [0.15, 0.2) is 40.2 Å². The van der Waals surface area contributed by atoms with Gasteiger partial charge < -0.3 is 10.2 Å². The fourth-order valence-corrected chi connectivity index (χ4v) is 3.10. The Balaban J connectivity index is 2.28. The third kappa shape index (κ3) is 3.08. The largest absolute Gasteiger partial charge is 0.345 e. The average Bonchev–Trinajstić information content (AvgIpc) is 2.84. The third-order valence-corrected chi connectivity index (χ3v) is 4.47. The van der Waals surface area contributed by atoms with Crippen LogP contribution in [0.2, 0.25) is 0 Å². The van der Waals surface area contributed by atoms with Crippen LogP contribution in [0.5, 0.6) is 0 Å². The summed E-state index contributed by atoms with van der Waals surface area (Å²) in [5.74, 6) is -0.378. The molecule has 0 aliphatic rings. The van der Waals surface area contributed by atoms with Gasteiger partial charge in [-0.05, 0) is 39.5 Å². The highest BCUT2D eigenvalue weighted by atomic mass is 79.9. The first-order valence-corrected chi connectivity index (χ1v) is 7.53. The summed E-state index contributed by atoms with van der Waals surface area (Å²) in [6.07, 6.45) is 0. The predicted molar refractivity (Wildman–Crippen MR) is 84.4 cm³/mol. The van der Waals surface area contributed by atoms with E-state index in [-0.39, 0.29) is 11.8 Å². The van der Waals surface area contributed by atoms with Crippen molar-refractivity contribution in [3.05, 3.63) is 50.6 Å². The number of anilines is 1. The van der Waals surface area contributed by atoms with Gasteiger partial charge in [-0.25, -0.2) is 0 Å². The first kappa shape index (κ1) is 14.7. The number of carbonyl (C=O) groups is 2. The van der Waals surface area contributed by atoms with Crippen LogP contribution < -0.4 is 5.32 Å². The number of amides is 2. The lowest BCUT2D eigenvalue weighted by Crippen LogP contribution is -2.23. The molecule has 104 valence electrons. The highest BCUT2D eigenvalue weighted by molar-refractivity contribution is 9.10. The summed E-state index contributed by atoms with van der Waals surface area (Å²) in [5, 5.41) is 4.61. The first-order chi connectivity index (χ1) is 9.50. The Morgan fingerprint density at radius 2 is 1.90 bits per heavy atom. The molecular formula is C14H13BrN2O2S. The smallest absolute Gasteiger partial charge is 0.266 e. The number of thiophene rings is 1. The summed E-state index contributed by atoms with van der Waals surface area (Å²) in [4.78, 5) is 26.3. The van der Waals surface area contributed by atoms with Gasteiger partial charge in [-0.1, -0.05) is 12.1 Å². The molecule has 0 aliphatic carbocycles. The second kappa shape index (κ2) is 6.19. The zero-order valence-electron chi connectivity index (χ0n) is 11.0. The molecule has 6 heteroatoms. The molecule has 2 rings (SSSR count). The van der Waals surface area contributed by atoms with Crippen LogP contribution in [-0.2, 0) is 0 Å². The van der Waals surface area contributed by atoms with Gasteiger partial charge in [-0.2, -0.15) is 0 Å². The van der Waals surface area contributed by atoms with E-state index in [1.165, 1.54) is 16.2 Å². The predicted octanol–water partition coefficient (Wildman–Crippen LogP) is 3.46. The quantitative estimate of drug-likeness (QED) is 0.919. The molecule has 1 aromatic carbocycles. The summed E-state index contributed by atoms with van der Waals surface area (Å²) in [6, 6.07) is 8.78. The van der Waals surface area contributed by atoms with Crippen molar-refractivity contribution in [3.8, 4) is 0 Å². The molecule has 20 heavy (non-hydrogen) atoms. The molecule has 2 aromatic rings. The maximum atomic E-state index is 12.2. The lowest BCUT2D eigenvalue weighted by atomic mass is 10.1. The van der Waals surface area contributed by atoms with E-state index in [9.17, 15) is 9.59 Å². The van der Waals surface area contributed by atoms with E-state index in [1.54, 1.807) is 38.4 Å². The van der Waals surface area contributed by atoms with E-state index in [1.807, 2.05) is 11.4 Å². The van der Waals surface area contributed by atoms with Gasteiger partial charge in [0, 0.05) is 18.6 Å². The zero-order valence-corrected chi connectivity index (χ0v) is 13.4. The Bertz CT molecular complexity index is 652. The van der Waals surface area contributed by atoms with Crippen LogP contribution in [0.25, 0.3) is 0 Å². The molecule has 0 fully saturated rings. The average molecular weight is 353 g/mol. The van der Waals surface area contributed by atoms with Crippen molar-refractivity contribution in [2.75, 3.05) is 19.4 Å². The fourth-order valence-electron chi connectivity index (χ4n) is 1.65. The van der Waals surface area contributed by atoms with Gasteiger partial charge in [0.1, 0.15) is 4.88 Å². The molecule has 0 aliphatic heterocycles. The Labute approximate surface area is 129 Å². The molecule has 0 saturated heterocycles. The molecular weight excluding hydrogens is 340 g/mol. The maximum absolute atomic E-state index is 12.2. The van der Waals surface area contributed by atoms with Gasteiger partial charge in [0.15, 0.2) is 0 Å². The third-order valence-electron chi connectivity index (χ3n) is 2.64. The minimum absolute atomic E-state index is 0.147. The maximum Gasteiger partial charge on any atom is 0.266 e. The lowest BCUT2D eigenvalue weighted by Gasteiger charge is -2.14. The molecule has 2 amide bonds. The van der Waals surface area contributed by atoms with Crippen LogP contribution in [-0.4, -0.2) is 30.8 Å². The normalized spacial score (nSPS) is 10.2. The van der Waals surface area contributed by atoms with Crippen molar-refractivity contribution in [3.63, 3.8) is 0 Å². The van der Waals surface area contributed by atoms with Crippen LogP contribution in [0.1, 0.15) is 20.0 Å². The number of hydrogen-bond donors (Lipinski definition) is 1. The van der Waals surface area contributed by atoms with E-state index in [4.69, 9.17) is 0 Å².